The molecule has 1 fully saturated rings. The molecule has 1 atom stereocenters. The van der Waals surface area contributed by atoms with E-state index in [1.807, 2.05) is 6.92 Å². The van der Waals surface area contributed by atoms with Crippen molar-refractivity contribution in [1.82, 2.24) is 5.32 Å². The van der Waals surface area contributed by atoms with Crippen molar-refractivity contribution >= 4 is 5.91 Å². The summed E-state index contributed by atoms with van der Waals surface area (Å²) in [5, 5.41) is 2.87. The summed E-state index contributed by atoms with van der Waals surface area (Å²) in [6, 6.07) is 0.449. The first-order valence-electron chi connectivity index (χ1n) is 3.73. The van der Waals surface area contributed by atoms with Gasteiger partial charge in [-0.05, 0) is 19.8 Å². The van der Waals surface area contributed by atoms with E-state index in [9.17, 15) is 4.79 Å². The number of rotatable bonds is 3. The van der Waals surface area contributed by atoms with Gasteiger partial charge in [-0.25, -0.2) is 0 Å². The van der Waals surface area contributed by atoms with Crippen LogP contribution in [-0.2, 0) is 4.79 Å². The van der Waals surface area contributed by atoms with Gasteiger partial charge in [0, 0.05) is 18.5 Å². The summed E-state index contributed by atoms with van der Waals surface area (Å²) in [6.07, 6.45) is 2.74. The minimum atomic E-state index is -0.0150. The van der Waals surface area contributed by atoms with E-state index in [2.05, 4.69) is 5.32 Å². The molecule has 58 valence electrons. The Morgan fingerprint density at radius 3 is 2.80 bits per heavy atom. The van der Waals surface area contributed by atoms with Gasteiger partial charge in [-0.3, -0.25) is 4.79 Å². The van der Waals surface area contributed by atoms with Crippen molar-refractivity contribution in [1.29, 1.82) is 0 Å². The van der Waals surface area contributed by atoms with Crippen molar-refractivity contribution in [3.05, 3.63) is 0 Å². The zero-order valence-corrected chi connectivity index (χ0v) is 6.26. The molecule has 3 nitrogen and oxygen atoms in total. The Morgan fingerprint density at radius 2 is 2.40 bits per heavy atom. The van der Waals surface area contributed by atoms with Crippen LogP contribution in [0, 0.1) is 0 Å². The highest BCUT2D eigenvalue weighted by Crippen LogP contribution is 2.18. The Morgan fingerprint density at radius 1 is 1.80 bits per heavy atom. The van der Waals surface area contributed by atoms with Crippen molar-refractivity contribution < 1.29 is 4.79 Å². The van der Waals surface area contributed by atoms with E-state index in [4.69, 9.17) is 5.73 Å². The highest BCUT2D eigenvalue weighted by molar-refractivity contribution is 5.77. The van der Waals surface area contributed by atoms with Crippen LogP contribution < -0.4 is 11.1 Å². The smallest absolute Gasteiger partial charge is 0.221 e. The van der Waals surface area contributed by atoms with Crippen LogP contribution in [0.4, 0.5) is 0 Å². The highest BCUT2D eigenvalue weighted by Gasteiger charge is 2.23. The van der Waals surface area contributed by atoms with Gasteiger partial charge in [0.05, 0.1) is 0 Å². The maximum absolute atomic E-state index is 10.9. The zero-order valence-electron chi connectivity index (χ0n) is 6.26. The van der Waals surface area contributed by atoms with Gasteiger partial charge in [-0.2, -0.15) is 0 Å². The summed E-state index contributed by atoms with van der Waals surface area (Å²) >= 11 is 0. The van der Waals surface area contributed by atoms with Gasteiger partial charge in [-0.1, -0.05) is 0 Å². The van der Waals surface area contributed by atoms with E-state index in [1.54, 1.807) is 0 Å². The van der Waals surface area contributed by atoms with Crippen molar-refractivity contribution in [2.75, 3.05) is 0 Å². The number of amides is 1. The number of carbonyl (C=O) groups is 1. The van der Waals surface area contributed by atoms with Crippen LogP contribution in [0.25, 0.3) is 0 Å². The number of nitrogens with two attached hydrogens (primary N) is 1. The second-order valence-corrected chi connectivity index (χ2v) is 3.02. The molecule has 1 aliphatic carbocycles. The molecule has 1 rings (SSSR count). The summed E-state index contributed by atoms with van der Waals surface area (Å²) in [5.74, 6) is 0.0949. The van der Waals surface area contributed by atoms with Crippen molar-refractivity contribution in [3.8, 4) is 0 Å². The molecule has 1 aliphatic rings. The van der Waals surface area contributed by atoms with E-state index in [0.717, 1.165) is 12.8 Å². The average Bonchev–Trinajstić information content (AvgIpc) is 2.46. The lowest BCUT2D eigenvalue weighted by atomic mass is 10.2. The molecular formula is C7H14N2O. The van der Waals surface area contributed by atoms with E-state index < -0.39 is 0 Å². The zero-order chi connectivity index (χ0) is 7.56. The van der Waals surface area contributed by atoms with Crippen LogP contribution in [0.2, 0.25) is 0 Å². The molecule has 0 aromatic rings. The Labute approximate surface area is 61.0 Å². The lowest BCUT2D eigenvalue weighted by Crippen LogP contribution is -2.31. The molecule has 0 radical (unpaired) electrons. The largest absolute Gasteiger partial charge is 0.353 e. The second kappa shape index (κ2) is 3.01. The van der Waals surface area contributed by atoms with Crippen molar-refractivity contribution in [2.45, 2.75) is 38.3 Å². The molecule has 0 heterocycles. The quantitative estimate of drug-likeness (QED) is 0.583. The molecule has 10 heavy (non-hydrogen) atoms. The van der Waals surface area contributed by atoms with E-state index in [0.29, 0.717) is 12.5 Å². The van der Waals surface area contributed by atoms with Gasteiger partial charge < -0.3 is 11.1 Å². The minimum Gasteiger partial charge on any atom is -0.353 e. The molecule has 1 saturated carbocycles. The lowest BCUT2D eigenvalue weighted by molar-refractivity contribution is -0.121. The van der Waals surface area contributed by atoms with E-state index >= 15 is 0 Å². The molecular weight excluding hydrogens is 128 g/mol. The first-order valence-corrected chi connectivity index (χ1v) is 3.73. The summed E-state index contributed by atoms with van der Waals surface area (Å²) in [5.41, 5.74) is 5.43. The van der Waals surface area contributed by atoms with Crippen LogP contribution in [0.5, 0.6) is 0 Å². The lowest BCUT2D eigenvalue weighted by Gasteiger charge is -2.04. The molecule has 0 saturated heterocycles. The molecule has 0 aromatic carbocycles. The third-order valence-electron chi connectivity index (χ3n) is 1.45. The molecule has 3 heteroatoms. The maximum atomic E-state index is 10.9. The van der Waals surface area contributed by atoms with Crippen LogP contribution in [0.15, 0.2) is 0 Å². The predicted octanol–water partition coefficient (Wildman–Crippen LogP) is 0.00230. The molecule has 0 aliphatic heterocycles. The van der Waals surface area contributed by atoms with E-state index in [1.165, 1.54) is 0 Å². The van der Waals surface area contributed by atoms with Gasteiger partial charge in [0.1, 0.15) is 0 Å². The van der Waals surface area contributed by atoms with Gasteiger partial charge in [0.15, 0.2) is 0 Å². The number of hydrogen-bond acceptors (Lipinski definition) is 2. The Bertz CT molecular complexity index is 124. The fourth-order valence-corrected chi connectivity index (χ4v) is 0.807. The van der Waals surface area contributed by atoms with Crippen LogP contribution in [0.3, 0.4) is 0 Å². The van der Waals surface area contributed by atoms with Crippen molar-refractivity contribution in [2.24, 2.45) is 5.73 Å². The predicted molar refractivity (Wildman–Crippen MR) is 39.4 cm³/mol. The molecule has 0 unspecified atom stereocenters. The molecule has 3 N–H and O–H groups in total. The highest BCUT2D eigenvalue weighted by atomic mass is 16.1. The SMILES string of the molecule is C[C@H](N)CC(=O)NC1CC1. The van der Waals surface area contributed by atoms with Gasteiger partial charge >= 0.3 is 0 Å². The Hall–Kier alpha value is -0.570. The van der Waals surface area contributed by atoms with Gasteiger partial charge in [-0.15, -0.1) is 0 Å². The fourth-order valence-electron chi connectivity index (χ4n) is 0.807. The second-order valence-electron chi connectivity index (χ2n) is 3.02. The third kappa shape index (κ3) is 2.82. The summed E-state index contributed by atoms with van der Waals surface area (Å²) < 4.78 is 0. The molecule has 1 amide bonds. The Balaban J connectivity index is 2.08. The van der Waals surface area contributed by atoms with Crippen LogP contribution in [0.1, 0.15) is 26.2 Å². The standard InChI is InChI=1S/C7H14N2O/c1-5(8)4-7(10)9-6-2-3-6/h5-6H,2-4,8H2,1H3,(H,9,10)/t5-/m0/s1. The van der Waals surface area contributed by atoms with Gasteiger partial charge in [0.25, 0.3) is 0 Å². The van der Waals surface area contributed by atoms with Crippen LogP contribution in [-0.4, -0.2) is 18.0 Å². The van der Waals surface area contributed by atoms with Gasteiger partial charge in [0.2, 0.25) is 5.91 Å². The number of carbonyl (C=O) groups excluding carboxylic acids is 1. The van der Waals surface area contributed by atoms with Crippen LogP contribution >= 0.6 is 0 Å². The first-order chi connectivity index (χ1) is 4.68. The maximum Gasteiger partial charge on any atom is 0.221 e. The average molecular weight is 142 g/mol. The minimum absolute atomic E-state index is 0.0150. The first kappa shape index (κ1) is 7.54. The topological polar surface area (TPSA) is 55.1 Å². The normalized spacial score (nSPS) is 20.2. The monoisotopic (exact) mass is 142 g/mol. The Kier molecular flexibility index (Phi) is 2.27. The number of hydrogen-bond donors (Lipinski definition) is 2. The summed E-state index contributed by atoms with van der Waals surface area (Å²) in [4.78, 5) is 10.9. The summed E-state index contributed by atoms with van der Waals surface area (Å²) in [6.45, 7) is 1.84. The molecule has 0 spiro atoms. The third-order valence-corrected chi connectivity index (χ3v) is 1.45. The molecule has 0 aromatic heterocycles. The molecule has 0 bridgehead atoms. The number of nitrogens with one attached hydrogen (secondary N) is 1. The van der Waals surface area contributed by atoms with Crippen molar-refractivity contribution in [3.63, 3.8) is 0 Å². The fraction of sp³-hybridized carbons (Fsp3) is 0.857. The summed E-state index contributed by atoms with van der Waals surface area (Å²) in [7, 11) is 0. The van der Waals surface area contributed by atoms with E-state index in [-0.39, 0.29) is 11.9 Å².